The predicted octanol–water partition coefficient (Wildman–Crippen LogP) is 3.89. The molecule has 0 aliphatic carbocycles. The summed E-state index contributed by atoms with van der Waals surface area (Å²) >= 11 is 6.23. The Labute approximate surface area is 184 Å². The topological polar surface area (TPSA) is 115 Å². The Hall–Kier alpha value is -3.30. The second-order valence-corrected chi connectivity index (χ2v) is 8.56. The molecule has 3 rings (SSSR count). The number of carboxylic acid groups (broad SMARTS) is 1. The SMILES string of the molecule is Cc1cc(S(=O)(=O)Nc2ccc(OCc3ccccn3)c(Cl)c2)ccc1OCC(=O)O. The van der Waals surface area contributed by atoms with Gasteiger partial charge < -0.3 is 14.6 Å². The van der Waals surface area contributed by atoms with Crippen molar-refractivity contribution in [2.45, 2.75) is 18.4 Å². The zero-order chi connectivity index (χ0) is 22.4. The van der Waals surface area contributed by atoms with Crippen LogP contribution in [0.2, 0.25) is 5.02 Å². The van der Waals surface area contributed by atoms with Crippen LogP contribution >= 0.6 is 11.6 Å². The fraction of sp³-hybridized carbons (Fsp3) is 0.143. The number of anilines is 1. The van der Waals surface area contributed by atoms with Gasteiger partial charge in [0.25, 0.3) is 10.0 Å². The number of aryl methyl sites for hydroxylation is 1. The zero-order valence-corrected chi connectivity index (χ0v) is 18.0. The lowest BCUT2D eigenvalue weighted by Crippen LogP contribution is -2.14. The third kappa shape index (κ3) is 6.09. The first kappa shape index (κ1) is 22.4. The fourth-order valence-corrected chi connectivity index (χ4v) is 3.99. The largest absolute Gasteiger partial charge is 0.486 e. The molecule has 10 heteroatoms. The van der Waals surface area contributed by atoms with Crippen molar-refractivity contribution in [1.82, 2.24) is 4.98 Å². The molecular weight excluding hydrogens is 444 g/mol. The van der Waals surface area contributed by atoms with Gasteiger partial charge in [-0.3, -0.25) is 9.71 Å². The van der Waals surface area contributed by atoms with Gasteiger partial charge in [-0.1, -0.05) is 17.7 Å². The first-order valence-corrected chi connectivity index (χ1v) is 10.9. The summed E-state index contributed by atoms with van der Waals surface area (Å²) in [5.41, 5.74) is 1.48. The lowest BCUT2D eigenvalue weighted by molar-refractivity contribution is -0.139. The Kier molecular flexibility index (Phi) is 6.98. The van der Waals surface area contributed by atoms with E-state index in [1.54, 1.807) is 25.3 Å². The number of carboxylic acids is 1. The van der Waals surface area contributed by atoms with Crippen LogP contribution in [0.5, 0.6) is 11.5 Å². The molecule has 3 aromatic rings. The Morgan fingerprint density at radius 3 is 2.52 bits per heavy atom. The number of hydrogen-bond acceptors (Lipinski definition) is 6. The van der Waals surface area contributed by atoms with Gasteiger partial charge in [0.1, 0.15) is 18.1 Å². The summed E-state index contributed by atoms with van der Waals surface area (Å²) in [6.45, 7) is 1.33. The summed E-state index contributed by atoms with van der Waals surface area (Å²) in [7, 11) is -3.90. The van der Waals surface area contributed by atoms with Gasteiger partial charge in [-0.05, 0) is 61.0 Å². The van der Waals surface area contributed by atoms with Crippen LogP contribution < -0.4 is 14.2 Å². The first-order valence-electron chi connectivity index (χ1n) is 9.05. The van der Waals surface area contributed by atoms with Gasteiger partial charge in [-0.15, -0.1) is 0 Å². The lowest BCUT2D eigenvalue weighted by Gasteiger charge is -2.13. The average Bonchev–Trinajstić information content (AvgIpc) is 2.72. The highest BCUT2D eigenvalue weighted by atomic mass is 35.5. The van der Waals surface area contributed by atoms with E-state index in [2.05, 4.69) is 9.71 Å². The third-order valence-electron chi connectivity index (χ3n) is 4.09. The average molecular weight is 463 g/mol. The Morgan fingerprint density at radius 2 is 1.87 bits per heavy atom. The van der Waals surface area contributed by atoms with E-state index in [-0.39, 0.29) is 22.2 Å². The van der Waals surface area contributed by atoms with E-state index in [4.69, 9.17) is 26.2 Å². The zero-order valence-electron chi connectivity index (χ0n) is 16.4. The first-order chi connectivity index (χ1) is 14.7. The second kappa shape index (κ2) is 9.67. The van der Waals surface area contributed by atoms with Crippen molar-refractivity contribution in [1.29, 1.82) is 0 Å². The number of nitrogens with one attached hydrogen (secondary N) is 1. The van der Waals surface area contributed by atoms with E-state index in [0.29, 0.717) is 17.1 Å². The highest BCUT2D eigenvalue weighted by Gasteiger charge is 2.17. The summed E-state index contributed by atoms with van der Waals surface area (Å²) in [5.74, 6) is -0.438. The molecule has 0 aliphatic rings. The standard InChI is InChI=1S/C21H19ClN2O6S/c1-14-10-17(6-8-19(14)30-13-21(25)26)31(27,28)24-15-5-7-20(18(22)11-15)29-12-16-4-2-3-9-23-16/h2-11,24H,12-13H2,1H3,(H,25,26). The summed E-state index contributed by atoms with van der Waals surface area (Å²) in [5, 5.41) is 8.93. The molecule has 0 spiro atoms. The maximum absolute atomic E-state index is 12.7. The van der Waals surface area contributed by atoms with Crippen molar-refractivity contribution in [3.05, 3.63) is 77.1 Å². The summed E-state index contributed by atoms with van der Waals surface area (Å²) in [6.07, 6.45) is 1.66. The molecule has 0 atom stereocenters. The lowest BCUT2D eigenvalue weighted by atomic mass is 10.2. The Bertz CT molecular complexity index is 1190. The van der Waals surface area contributed by atoms with Gasteiger partial charge in [0.15, 0.2) is 6.61 Å². The number of ether oxygens (including phenoxy) is 2. The van der Waals surface area contributed by atoms with Gasteiger partial charge in [0.05, 0.1) is 21.3 Å². The van der Waals surface area contributed by atoms with Crippen LogP contribution in [-0.2, 0) is 21.4 Å². The molecule has 2 N–H and O–H groups in total. The summed E-state index contributed by atoms with van der Waals surface area (Å²) in [4.78, 5) is 14.8. The summed E-state index contributed by atoms with van der Waals surface area (Å²) in [6, 6.07) is 14.2. The van der Waals surface area contributed by atoms with Crippen LogP contribution in [0.4, 0.5) is 5.69 Å². The van der Waals surface area contributed by atoms with Crippen LogP contribution in [0, 0.1) is 6.92 Å². The maximum Gasteiger partial charge on any atom is 0.341 e. The summed E-state index contributed by atoms with van der Waals surface area (Å²) < 4.78 is 38.6. The number of sulfonamides is 1. The van der Waals surface area contributed by atoms with Crippen LogP contribution in [0.25, 0.3) is 0 Å². The van der Waals surface area contributed by atoms with Gasteiger partial charge >= 0.3 is 5.97 Å². The molecule has 8 nitrogen and oxygen atoms in total. The smallest absolute Gasteiger partial charge is 0.341 e. The second-order valence-electron chi connectivity index (χ2n) is 6.47. The molecule has 0 saturated heterocycles. The number of benzene rings is 2. The predicted molar refractivity (Wildman–Crippen MR) is 115 cm³/mol. The minimum absolute atomic E-state index is 0.000670. The minimum Gasteiger partial charge on any atom is -0.486 e. The molecule has 0 amide bonds. The molecule has 0 radical (unpaired) electrons. The van der Waals surface area contributed by atoms with Crippen LogP contribution in [-0.4, -0.2) is 31.1 Å². The van der Waals surface area contributed by atoms with Gasteiger partial charge in [-0.2, -0.15) is 0 Å². The molecular formula is C21H19ClN2O6S. The number of rotatable bonds is 9. The highest BCUT2D eigenvalue weighted by Crippen LogP contribution is 2.30. The van der Waals surface area contributed by atoms with E-state index in [0.717, 1.165) is 5.69 Å². The van der Waals surface area contributed by atoms with E-state index in [1.807, 2.05) is 12.1 Å². The number of halogens is 1. The van der Waals surface area contributed by atoms with Gasteiger partial charge in [0.2, 0.25) is 0 Å². The molecule has 2 aromatic carbocycles. The van der Waals surface area contributed by atoms with Crippen molar-refractivity contribution in [3.8, 4) is 11.5 Å². The molecule has 0 bridgehead atoms. The number of pyridine rings is 1. The molecule has 162 valence electrons. The molecule has 1 aromatic heterocycles. The maximum atomic E-state index is 12.7. The highest BCUT2D eigenvalue weighted by molar-refractivity contribution is 7.92. The van der Waals surface area contributed by atoms with E-state index >= 15 is 0 Å². The van der Waals surface area contributed by atoms with Crippen molar-refractivity contribution in [2.75, 3.05) is 11.3 Å². The molecule has 0 saturated carbocycles. The number of aliphatic carboxylic acids is 1. The number of carbonyl (C=O) groups is 1. The number of nitrogens with zero attached hydrogens (tertiary/aromatic N) is 1. The normalized spacial score (nSPS) is 11.0. The molecule has 0 aliphatic heterocycles. The third-order valence-corrected chi connectivity index (χ3v) is 5.77. The van der Waals surface area contributed by atoms with Crippen LogP contribution in [0.3, 0.4) is 0 Å². The van der Waals surface area contributed by atoms with Crippen LogP contribution in [0.1, 0.15) is 11.3 Å². The van der Waals surface area contributed by atoms with Crippen molar-refractivity contribution >= 4 is 33.3 Å². The number of aromatic nitrogens is 1. The molecule has 0 unspecified atom stereocenters. The quantitative estimate of drug-likeness (QED) is 0.495. The molecule has 0 fully saturated rings. The number of hydrogen-bond donors (Lipinski definition) is 2. The molecule has 31 heavy (non-hydrogen) atoms. The Morgan fingerprint density at radius 1 is 1.10 bits per heavy atom. The van der Waals surface area contributed by atoms with E-state index in [1.165, 1.54) is 30.3 Å². The van der Waals surface area contributed by atoms with Gasteiger partial charge in [0, 0.05) is 6.20 Å². The minimum atomic E-state index is -3.90. The van der Waals surface area contributed by atoms with Crippen molar-refractivity contribution in [3.63, 3.8) is 0 Å². The molecule has 1 heterocycles. The Balaban J connectivity index is 1.70. The fourth-order valence-electron chi connectivity index (χ4n) is 2.62. The van der Waals surface area contributed by atoms with E-state index in [9.17, 15) is 13.2 Å². The van der Waals surface area contributed by atoms with Crippen molar-refractivity contribution < 1.29 is 27.8 Å². The van der Waals surface area contributed by atoms with Crippen LogP contribution in [0.15, 0.2) is 65.7 Å². The van der Waals surface area contributed by atoms with E-state index < -0.39 is 22.6 Å². The monoisotopic (exact) mass is 462 g/mol. The van der Waals surface area contributed by atoms with Crippen molar-refractivity contribution in [2.24, 2.45) is 0 Å². The van der Waals surface area contributed by atoms with Gasteiger partial charge in [-0.25, -0.2) is 13.2 Å².